The van der Waals surface area contributed by atoms with Gasteiger partial charge in [-0.1, -0.05) is 6.07 Å². The van der Waals surface area contributed by atoms with Gasteiger partial charge in [-0.3, -0.25) is 4.79 Å². The molecule has 0 spiro atoms. The Labute approximate surface area is 123 Å². The highest BCUT2D eigenvalue weighted by atomic mass is 19.3. The van der Waals surface area contributed by atoms with Crippen LogP contribution in [-0.2, 0) is 17.8 Å². The number of alkyl halides is 2. The second-order valence-electron chi connectivity index (χ2n) is 6.17. The number of halogens is 2. The fraction of sp³-hybridized carbons (Fsp3) is 0.562. The summed E-state index contributed by atoms with van der Waals surface area (Å²) in [6, 6.07) is 5.79. The van der Waals surface area contributed by atoms with Crippen LogP contribution < -0.4 is 5.73 Å². The number of fused-ring (bicyclic) bond motifs is 1. The minimum atomic E-state index is -2.58. The highest BCUT2D eigenvalue weighted by Crippen LogP contribution is 2.37. The number of nitrogen functional groups attached to an aromatic ring is 1. The average Bonchev–Trinajstić information content (AvgIpc) is 2.45. The molecular weight excluding hydrogens is 274 g/mol. The molecule has 2 aliphatic rings. The molecule has 21 heavy (non-hydrogen) atoms. The number of amides is 1. The summed E-state index contributed by atoms with van der Waals surface area (Å²) < 4.78 is 26.4. The molecule has 0 radical (unpaired) electrons. The van der Waals surface area contributed by atoms with Crippen LogP contribution in [0.3, 0.4) is 0 Å². The van der Waals surface area contributed by atoms with Crippen molar-refractivity contribution >= 4 is 11.6 Å². The fourth-order valence-electron chi connectivity index (χ4n) is 3.31. The largest absolute Gasteiger partial charge is 0.399 e. The molecule has 0 aromatic heterocycles. The van der Waals surface area contributed by atoms with E-state index in [-0.39, 0.29) is 24.7 Å². The molecule has 0 saturated heterocycles. The molecule has 1 aliphatic carbocycles. The summed E-state index contributed by atoms with van der Waals surface area (Å²) in [4.78, 5) is 14.3. The van der Waals surface area contributed by atoms with Gasteiger partial charge in [0.25, 0.3) is 0 Å². The number of carbonyl (C=O) groups excluding carboxylic acids is 1. The zero-order chi connectivity index (χ0) is 15.0. The predicted octanol–water partition coefficient (Wildman–Crippen LogP) is 2.98. The Kier molecular flexibility index (Phi) is 3.59. The van der Waals surface area contributed by atoms with E-state index in [4.69, 9.17) is 5.73 Å². The molecule has 0 bridgehead atoms. The molecule has 1 heterocycles. The van der Waals surface area contributed by atoms with E-state index in [0.717, 1.165) is 12.0 Å². The van der Waals surface area contributed by atoms with Gasteiger partial charge in [-0.05, 0) is 42.5 Å². The normalized spacial score (nSPS) is 21.9. The van der Waals surface area contributed by atoms with E-state index in [1.165, 1.54) is 5.56 Å². The van der Waals surface area contributed by atoms with E-state index in [9.17, 15) is 13.6 Å². The van der Waals surface area contributed by atoms with Crippen molar-refractivity contribution < 1.29 is 13.6 Å². The van der Waals surface area contributed by atoms with Crippen molar-refractivity contribution in [2.45, 2.75) is 44.6 Å². The number of rotatable bonds is 1. The molecule has 0 atom stereocenters. The molecule has 1 fully saturated rings. The Balaban J connectivity index is 1.67. The lowest BCUT2D eigenvalue weighted by atomic mass is 9.85. The van der Waals surface area contributed by atoms with Crippen LogP contribution in [0.25, 0.3) is 0 Å². The number of nitrogens with two attached hydrogens (primary N) is 1. The zero-order valence-corrected chi connectivity index (χ0v) is 11.9. The van der Waals surface area contributed by atoms with Gasteiger partial charge in [-0.15, -0.1) is 0 Å². The third kappa shape index (κ3) is 3.01. The van der Waals surface area contributed by atoms with Gasteiger partial charge in [0.2, 0.25) is 11.8 Å². The first-order chi connectivity index (χ1) is 9.94. The molecule has 114 valence electrons. The summed E-state index contributed by atoms with van der Waals surface area (Å²) in [5.41, 5.74) is 8.79. The fourth-order valence-corrected chi connectivity index (χ4v) is 3.31. The average molecular weight is 294 g/mol. The van der Waals surface area contributed by atoms with Gasteiger partial charge < -0.3 is 10.6 Å². The van der Waals surface area contributed by atoms with E-state index in [2.05, 4.69) is 0 Å². The first kappa shape index (κ1) is 14.3. The van der Waals surface area contributed by atoms with E-state index in [1.807, 2.05) is 18.2 Å². The Morgan fingerprint density at radius 2 is 1.95 bits per heavy atom. The smallest absolute Gasteiger partial charge is 0.248 e. The molecule has 0 unspecified atom stereocenters. The lowest BCUT2D eigenvalue weighted by Gasteiger charge is -2.34. The maximum absolute atomic E-state index is 13.2. The highest BCUT2D eigenvalue weighted by Gasteiger charge is 2.39. The topological polar surface area (TPSA) is 46.3 Å². The van der Waals surface area contributed by atoms with E-state index in [1.54, 1.807) is 4.90 Å². The quantitative estimate of drug-likeness (QED) is 0.809. The van der Waals surface area contributed by atoms with Gasteiger partial charge in [0, 0.05) is 37.5 Å². The van der Waals surface area contributed by atoms with Crippen molar-refractivity contribution in [2.75, 3.05) is 12.3 Å². The van der Waals surface area contributed by atoms with E-state index in [0.29, 0.717) is 31.6 Å². The molecule has 3 nitrogen and oxygen atoms in total. The first-order valence-corrected chi connectivity index (χ1v) is 7.48. The van der Waals surface area contributed by atoms with E-state index < -0.39 is 5.92 Å². The summed E-state index contributed by atoms with van der Waals surface area (Å²) in [5, 5.41) is 0. The van der Waals surface area contributed by atoms with E-state index >= 15 is 0 Å². The summed E-state index contributed by atoms with van der Waals surface area (Å²) in [6.07, 6.45) is 1.07. The summed E-state index contributed by atoms with van der Waals surface area (Å²) in [5.74, 6) is -2.80. The number of hydrogen-bond donors (Lipinski definition) is 1. The van der Waals surface area contributed by atoms with Crippen molar-refractivity contribution in [3.8, 4) is 0 Å². The number of hydrogen-bond acceptors (Lipinski definition) is 2. The number of anilines is 1. The molecule has 1 aliphatic heterocycles. The van der Waals surface area contributed by atoms with Crippen LogP contribution in [0.1, 0.15) is 36.8 Å². The molecule has 1 aromatic carbocycles. The molecule has 1 aromatic rings. The van der Waals surface area contributed by atoms with Crippen molar-refractivity contribution in [3.63, 3.8) is 0 Å². The van der Waals surface area contributed by atoms with Crippen molar-refractivity contribution in [3.05, 3.63) is 29.3 Å². The molecule has 2 N–H and O–H groups in total. The Bertz CT molecular complexity index is 549. The molecule has 5 heteroatoms. The van der Waals surface area contributed by atoms with Gasteiger partial charge in [-0.25, -0.2) is 8.78 Å². The van der Waals surface area contributed by atoms with Gasteiger partial charge >= 0.3 is 0 Å². The van der Waals surface area contributed by atoms with Gasteiger partial charge in [0.05, 0.1) is 0 Å². The van der Waals surface area contributed by atoms with Crippen molar-refractivity contribution in [2.24, 2.45) is 5.92 Å². The number of carbonyl (C=O) groups is 1. The summed E-state index contributed by atoms with van der Waals surface area (Å²) in [7, 11) is 0. The maximum atomic E-state index is 13.2. The molecular formula is C16H20F2N2O. The molecule has 3 rings (SSSR count). The van der Waals surface area contributed by atoms with Crippen molar-refractivity contribution in [1.82, 2.24) is 4.90 Å². The maximum Gasteiger partial charge on any atom is 0.248 e. The zero-order valence-electron chi connectivity index (χ0n) is 11.9. The van der Waals surface area contributed by atoms with Crippen LogP contribution in [0.2, 0.25) is 0 Å². The lowest BCUT2D eigenvalue weighted by Crippen LogP contribution is -2.42. The van der Waals surface area contributed by atoms with Crippen molar-refractivity contribution in [1.29, 1.82) is 0 Å². The standard InChI is InChI=1S/C16H20F2N2O/c17-16(18)6-3-12(4-7-16)15(21)20-8-5-11-1-2-14(19)9-13(11)10-20/h1-2,9,12H,3-8,10,19H2. The highest BCUT2D eigenvalue weighted by molar-refractivity contribution is 5.79. The third-order valence-electron chi connectivity index (χ3n) is 4.62. The summed E-state index contributed by atoms with van der Waals surface area (Å²) >= 11 is 0. The predicted molar refractivity (Wildman–Crippen MR) is 76.9 cm³/mol. The van der Waals surface area contributed by atoms with Crippen LogP contribution in [0.15, 0.2) is 18.2 Å². The number of benzene rings is 1. The Morgan fingerprint density at radius 1 is 1.24 bits per heavy atom. The van der Waals surface area contributed by atoms with Gasteiger partial charge in [-0.2, -0.15) is 0 Å². The minimum Gasteiger partial charge on any atom is -0.399 e. The number of nitrogens with zero attached hydrogens (tertiary/aromatic N) is 1. The molecule has 1 saturated carbocycles. The monoisotopic (exact) mass is 294 g/mol. The van der Waals surface area contributed by atoms with Crippen LogP contribution >= 0.6 is 0 Å². The SMILES string of the molecule is Nc1ccc2c(c1)CN(C(=O)C1CCC(F)(F)CC1)CC2. The Hall–Kier alpha value is -1.65. The summed E-state index contributed by atoms with van der Waals surface area (Å²) in [6.45, 7) is 1.22. The van der Waals surface area contributed by atoms with Crippen LogP contribution in [-0.4, -0.2) is 23.3 Å². The van der Waals surface area contributed by atoms with Crippen LogP contribution in [0.4, 0.5) is 14.5 Å². The first-order valence-electron chi connectivity index (χ1n) is 7.48. The second-order valence-corrected chi connectivity index (χ2v) is 6.17. The van der Waals surface area contributed by atoms with Gasteiger partial charge in [0.1, 0.15) is 0 Å². The Morgan fingerprint density at radius 3 is 2.67 bits per heavy atom. The third-order valence-corrected chi connectivity index (χ3v) is 4.62. The van der Waals surface area contributed by atoms with Crippen LogP contribution in [0, 0.1) is 5.92 Å². The second kappa shape index (κ2) is 5.28. The van der Waals surface area contributed by atoms with Crippen LogP contribution in [0.5, 0.6) is 0 Å². The molecule has 1 amide bonds. The minimum absolute atomic E-state index is 0.0265. The van der Waals surface area contributed by atoms with Gasteiger partial charge in [0.15, 0.2) is 0 Å². The lowest BCUT2D eigenvalue weighted by molar-refractivity contribution is -0.140.